The van der Waals surface area contributed by atoms with Gasteiger partial charge in [-0.05, 0) is 30.5 Å². The van der Waals surface area contributed by atoms with Crippen molar-refractivity contribution in [3.63, 3.8) is 0 Å². The molecule has 2 amide bonds. The van der Waals surface area contributed by atoms with Crippen molar-refractivity contribution >= 4 is 23.5 Å². The molecular weight excluding hydrogens is 376 g/mol. The smallest absolute Gasteiger partial charge is 0.311 e. The maximum Gasteiger partial charge on any atom is 0.311 e. The number of hydrogen-bond donors (Lipinski definition) is 2. The number of furan rings is 1. The van der Waals surface area contributed by atoms with E-state index in [4.69, 9.17) is 9.15 Å². The van der Waals surface area contributed by atoms with Crippen LogP contribution in [0.15, 0.2) is 41.0 Å². The highest BCUT2D eigenvalue weighted by Crippen LogP contribution is 2.32. The van der Waals surface area contributed by atoms with Gasteiger partial charge in [0.25, 0.3) is 5.91 Å². The molecule has 0 bridgehead atoms. The van der Waals surface area contributed by atoms with Crippen molar-refractivity contribution in [2.45, 2.75) is 25.8 Å². The highest BCUT2D eigenvalue weighted by molar-refractivity contribution is 6.01. The number of carboxylic acids is 1. The van der Waals surface area contributed by atoms with E-state index in [-0.39, 0.29) is 24.8 Å². The minimum atomic E-state index is -1.04. The van der Waals surface area contributed by atoms with E-state index in [0.717, 1.165) is 11.3 Å². The van der Waals surface area contributed by atoms with Gasteiger partial charge in [0.15, 0.2) is 5.76 Å². The molecule has 1 aromatic heterocycles. The zero-order valence-corrected chi connectivity index (χ0v) is 15.8. The van der Waals surface area contributed by atoms with Crippen LogP contribution in [0.3, 0.4) is 0 Å². The fraction of sp³-hybridized carbons (Fsp3) is 0.381. The van der Waals surface area contributed by atoms with Crippen molar-refractivity contribution in [3.05, 3.63) is 53.5 Å². The van der Waals surface area contributed by atoms with Crippen molar-refractivity contribution in [1.82, 2.24) is 5.32 Å². The van der Waals surface area contributed by atoms with Gasteiger partial charge in [-0.3, -0.25) is 14.4 Å². The van der Waals surface area contributed by atoms with E-state index in [9.17, 15) is 19.5 Å². The van der Waals surface area contributed by atoms with Crippen LogP contribution in [-0.4, -0.2) is 42.6 Å². The zero-order chi connectivity index (χ0) is 20.4. The molecule has 0 unspecified atom stereocenters. The molecule has 3 heterocycles. The van der Waals surface area contributed by atoms with Crippen molar-refractivity contribution < 1.29 is 28.6 Å². The number of ether oxygens (including phenoxy) is 1. The van der Waals surface area contributed by atoms with Gasteiger partial charge >= 0.3 is 5.97 Å². The van der Waals surface area contributed by atoms with Crippen molar-refractivity contribution in [1.29, 1.82) is 0 Å². The molecule has 1 saturated heterocycles. The number of nitrogens with one attached hydrogen (secondary N) is 1. The first-order valence-electron chi connectivity index (χ1n) is 9.54. The molecule has 0 aliphatic carbocycles. The monoisotopic (exact) mass is 398 g/mol. The minimum absolute atomic E-state index is 0.00382. The normalized spacial score (nSPS) is 17.8. The van der Waals surface area contributed by atoms with Gasteiger partial charge in [0, 0.05) is 31.0 Å². The van der Waals surface area contributed by atoms with E-state index in [2.05, 4.69) is 5.32 Å². The molecule has 0 spiro atoms. The average Bonchev–Trinajstić information content (AvgIpc) is 3.31. The van der Waals surface area contributed by atoms with Crippen LogP contribution in [0.2, 0.25) is 0 Å². The predicted molar refractivity (Wildman–Crippen MR) is 102 cm³/mol. The summed E-state index contributed by atoms with van der Waals surface area (Å²) >= 11 is 0. The molecule has 2 aliphatic heterocycles. The first kappa shape index (κ1) is 19.2. The number of nitrogens with zero attached hydrogens (tertiary/aromatic N) is 1. The predicted octanol–water partition coefficient (Wildman–Crippen LogP) is 1.98. The number of para-hydroxylation sites is 1. The van der Waals surface area contributed by atoms with Crippen LogP contribution in [-0.2, 0) is 27.3 Å². The minimum Gasteiger partial charge on any atom is -0.481 e. The third-order valence-corrected chi connectivity index (χ3v) is 5.70. The lowest BCUT2D eigenvalue weighted by atomic mass is 9.80. The molecule has 1 aromatic carbocycles. The first-order valence-corrected chi connectivity index (χ1v) is 9.54. The van der Waals surface area contributed by atoms with Crippen molar-refractivity contribution in [2.24, 2.45) is 5.41 Å². The molecule has 8 nitrogen and oxygen atoms in total. The Morgan fingerprint density at radius 3 is 2.69 bits per heavy atom. The Balaban J connectivity index is 1.47. The number of rotatable bonds is 6. The van der Waals surface area contributed by atoms with Gasteiger partial charge in [0.2, 0.25) is 5.91 Å². The molecule has 4 rings (SSSR count). The molecule has 2 N–H and O–H groups in total. The summed E-state index contributed by atoms with van der Waals surface area (Å²) in [4.78, 5) is 38.5. The van der Waals surface area contributed by atoms with Gasteiger partial charge in [-0.1, -0.05) is 18.2 Å². The summed E-state index contributed by atoms with van der Waals surface area (Å²) in [6, 6.07) is 9.20. The van der Waals surface area contributed by atoms with E-state index in [1.54, 1.807) is 11.0 Å². The summed E-state index contributed by atoms with van der Waals surface area (Å²) in [5, 5.41) is 12.3. The van der Waals surface area contributed by atoms with Crippen LogP contribution in [0.5, 0.6) is 0 Å². The molecular formula is C21H22N2O6. The van der Waals surface area contributed by atoms with Gasteiger partial charge < -0.3 is 24.5 Å². The van der Waals surface area contributed by atoms with Crippen LogP contribution in [0.1, 0.15) is 34.5 Å². The third-order valence-electron chi connectivity index (χ3n) is 5.70. The molecule has 29 heavy (non-hydrogen) atoms. The lowest BCUT2D eigenvalue weighted by Gasteiger charge is -2.33. The Hall–Kier alpha value is -3.13. The molecule has 1 fully saturated rings. The maximum absolute atomic E-state index is 12.7. The zero-order valence-electron chi connectivity index (χ0n) is 15.8. The number of aliphatic carboxylic acids is 1. The molecule has 2 aliphatic rings. The average molecular weight is 398 g/mol. The lowest BCUT2D eigenvalue weighted by molar-refractivity contribution is -0.154. The second kappa shape index (κ2) is 7.71. The Kier molecular flexibility index (Phi) is 5.10. The third kappa shape index (κ3) is 3.63. The Labute approximate surface area is 167 Å². The number of hydrogen-bond acceptors (Lipinski definition) is 5. The van der Waals surface area contributed by atoms with E-state index in [1.165, 1.54) is 6.26 Å². The largest absolute Gasteiger partial charge is 0.481 e. The number of carbonyl (C=O) groups is 3. The van der Waals surface area contributed by atoms with Gasteiger partial charge in [-0.25, -0.2) is 0 Å². The molecule has 0 radical (unpaired) electrons. The summed E-state index contributed by atoms with van der Waals surface area (Å²) in [6.07, 6.45) is 2.41. The Morgan fingerprint density at radius 1 is 1.17 bits per heavy atom. The number of amides is 2. The summed E-state index contributed by atoms with van der Waals surface area (Å²) in [5.41, 5.74) is 1.32. The summed E-state index contributed by atoms with van der Waals surface area (Å²) < 4.78 is 10.6. The summed E-state index contributed by atoms with van der Waals surface area (Å²) in [6.45, 7) is 0.915. The van der Waals surface area contributed by atoms with Crippen LogP contribution in [0.4, 0.5) is 5.69 Å². The summed E-state index contributed by atoms with van der Waals surface area (Å²) in [5.74, 6) is -1.38. The number of anilines is 1. The van der Waals surface area contributed by atoms with Crippen LogP contribution in [0, 0.1) is 5.41 Å². The van der Waals surface area contributed by atoms with Crippen LogP contribution < -0.4 is 10.2 Å². The number of benzene rings is 1. The summed E-state index contributed by atoms with van der Waals surface area (Å²) in [7, 11) is 0. The van der Waals surface area contributed by atoms with E-state index < -0.39 is 17.3 Å². The Morgan fingerprint density at radius 2 is 1.93 bits per heavy atom. The maximum atomic E-state index is 12.7. The van der Waals surface area contributed by atoms with Crippen molar-refractivity contribution in [2.75, 3.05) is 24.7 Å². The fourth-order valence-corrected chi connectivity index (χ4v) is 3.88. The molecule has 2 aromatic rings. The highest BCUT2D eigenvalue weighted by Gasteiger charge is 2.41. The topological polar surface area (TPSA) is 109 Å². The molecule has 152 valence electrons. The Bertz CT molecular complexity index is 944. The lowest BCUT2D eigenvalue weighted by Crippen LogP contribution is -2.46. The standard InChI is InChI=1S/C21H22N2O6/c24-17-11-14-3-1-2-4-16(14)23(17)12-15-5-8-29-18(15)19(25)22-13-21(20(26)27)6-9-28-10-7-21/h1-5,8H,6-7,9-13H2,(H,22,25)(H,26,27). The van der Waals surface area contributed by atoms with Gasteiger partial charge in [0.1, 0.15) is 0 Å². The molecule has 0 saturated carbocycles. The SMILES string of the molecule is O=C(NCC1(C(=O)O)CCOCC1)c1occc1CN1C(=O)Cc2ccccc21. The van der Waals surface area contributed by atoms with Crippen LogP contribution >= 0.6 is 0 Å². The second-order valence-electron chi connectivity index (χ2n) is 7.44. The van der Waals surface area contributed by atoms with E-state index >= 15 is 0 Å². The van der Waals surface area contributed by atoms with Gasteiger partial charge in [0.05, 0.1) is 24.6 Å². The van der Waals surface area contributed by atoms with E-state index in [0.29, 0.717) is 38.0 Å². The number of carbonyl (C=O) groups excluding carboxylic acids is 2. The van der Waals surface area contributed by atoms with E-state index in [1.807, 2.05) is 24.3 Å². The van der Waals surface area contributed by atoms with Gasteiger partial charge in [-0.2, -0.15) is 0 Å². The number of fused-ring (bicyclic) bond motifs is 1. The fourth-order valence-electron chi connectivity index (χ4n) is 3.88. The number of carboxylic acid groups (broad SMARTS) is 1. The molecule has 0 atom stereocenters. The first-order chi connectivity index (χ1) is 14.0. The van der Waals surface area contributed by atoms with Crippen molar-refractivity contribution in [3.8, 4) is 0 Å². The van der Waals surface area contributed by atoms with Crippen LogP contribution in [0.25, 0.3) is 0 Å². The molecule has 8 heteroatoms. The van der Waals surface area contributed by atoms with Gasteiger partial charge in [-0.15, -0.1) is 0 Å². The second-order valence-corrected chi connectivity index (χ2v) is 7.44. The highest BCUT2D eigenvalue weighted by atomic mass is 16.5. The quantitative estimate of drug-likeness (QED) is 0.770.